The van der Waals surface area contributed by atoms with E-state index in [0.717, 1.165) is 32.7 Å². The van der Waals surface area contributed by atoms with Crippen LogP contribution in [0.4, 0.5) is 0 Å². The van der Waals surface area contributed by atoms with Gasteiger partial charge < -0.3 is 9.51 Å². The van der Waals surface area contributed by atoms with Crippen molar-refractivity contribution in [1.29, 1.82) is 0 Å². The zero-order chi connectivity index (χ0) is 12.5. The standard InChI is InChI=1S/C13H10BrN3O/c1-8-12(11-6-15-7-16-11)13(17-18-8)9-2-4-10(14)5-3-9/h2-7H,1H3,(H,15,16). The number of nitrogens with one attached hydrogen (secondary N) is 1. The van der Waals surface area contributed by atoms with Gasteiger partial charge in [0.1, 0.15) is 11.5 Å². The molecule has 0 aliphatic carbocycles. The molecule has 0 saturated carbocycles. The Morgan fingerprint density at radius 2 is 2.00 bits per heavy atom. The Balaban J connectivity index is 2.16. The minimum atomic E-state index is 0.764. The number of hydrogen-bond acceptors (Lipinski definition) is 3. The van der Waals surface area contributed by atoms with Gasteiger partial charge in [-0.1, -0.05) is 33.2 Å². The highest BCUT2D eigenvalue weighted by molar-refractivity contribution is 9.10. The Labute approximate surface area is 112 Å². The molecule has 0 atom stereocenters. The van der Waals surface area contributed by atoms with Crippen molar-refractivity contribution in [1.82, 2.24) is 15.1 Å². The lowest BCUT2D eigenvalue weighted by Gasteiger charge is -2.00. The van der Waals surface area contributed by atoms with Crippen LogP contribution in [-0.2, 0) is 0 Å². The van der Waals surface area contributed by atoms with Crippen LogP contribution in [0.5, 0.6) is 0 Å². The molecule has 2 heterocycles. The summed E-state index contributed by atoms with van der Waals surface area (Å²) in [6.07, 6.45) is 3.48. The Hall–Kier alpha value is -1.88. The second kappa shape index (κ2) is 4.42. The van der Waals surface area contributed by atoms with Gasteiger partial charge in [0.15, 0.2) is 0 Å². The molecule has 18 heavy (non-hydrogen) atoms. The molecule has 1 aromatic carbocycles. The van der Waals surface area contributed by atoms with E-state index < -0.39 is 0 Å². The summed E-state index contributed by atoms with van der Waals surface area (Å²) >= 11 is 3.42. The number of imidazole rings is 1. The maximum atomic E-state index is 5.29. The number of nitrogens with zero attached hydrogens (tertiary/aromatic N) is 2. The molecule has 90 valence electrons. The minimum absolute atomic E-state index is 0.764. The van der Waals surface area contributed by atoms with Crippen LogP contribution in [0.2, 0.25) is 0 Å². The zero-order valence-corrected chi connectivity index (χ0v) is 11.2. The van der Waals surface area contributed by atoms with E-state index in [1.54, 1.807) is 6.33 Å². The molecule has 5 heteroatoms. The summed E-state index contributed by atoms with van der Waals surface area (Å²) in [6, 6.07) is 7.95. The van der Waals surface area contributed by atoms with Gasteiger partial charge in [0.25, 0.3) is 0 Å². The van der Waals surface area contributed by atoms with E-state index in [1.807, 2.05) is 37.4 Å². The number of rotatable bonds is 2. The molecule has 0 saturated heterocycles. The zero-order valence-electron chi connectivity index (χ0n) is 9.64. The normalized spacial score (nSPS) is 10.8. The Bertz CT molecular complexity index is 656. The van der Waals surface area contributed by atoms with Crippen LogP contribution in [0.3, 0.4) is 0 Å². The lowest BCUT2D eigenvalue weighted by Crippen LogP contribution is -1.84. The van der Waals surface area contributed by atoms with Gasteiger partial charge in [0.2, 0.25) is 0 Å². The number of benzene rings is 1. The van der Waals surface area contributed by atoms with Gasteiger partial charge in [-0.2, -0.15) is 0 Å². The van der Waals surface area contributed by atoms with Crippen LogP contribution in [-0.4, -0.2) is 15.1 Å². The molecule has 0 unspecified atom stereocenters. The van der Waals surface area contributed by atoms with Crippen molar-refractivity contribution < 1.29 is 4.52 Å². The predicted octanol–water partition coefficient (Wildman–Crippen LogP) is 3.80. The lowest BCUT2D eigenvalue weighted by molar-refractivity contribution is 0.400. The molecule has 2 aromatic heterocycles. The van der Waals surface area contributed by atoms with Crippen molar-refractivity contribution in [3.05, 3.63) is 47.0 Å². The molecule has 4 nitrogen and oxygen atoms in total. The van der Waals surface area contributed by atoms with Crippen molar-refractivity contribution in [2.24, 2.45) is 0 Å². The van der Waals surface area contributed by atoms with E-state index in [1.165, 1.54) is 0 Å². The second-order valence-electron chi connectivity index (χ2n) is 3.92. The molecule has 0 fully saturated rings. The summed E-state index contributed by atoms with van der Waals surface area (Å²) in [7, 11) is 0. The number of aryl methyl sites for hydroxylation is 1. The summed E-state index contributed by atoms with van der Waals surface area (Å²) in [5, 5.41) is 4.13. The number of H-pyrrole nitrogens is 1. The van der Waals surface area contributed by atoms with Gasteiger partial charge >= 0.3 is 0 Å². The third-order valence-corrected chi connectivity index (χ3v) is 3.26. The average molecular weight is 304 g/mol. The topological polar surface area (TPSA) is 54.7 Å². The molecule has 0 aliphatic heterocycles. The number of halogens is 1. The fourth-order valence-electron chi connectivity index (χ4n) is 1.88. The summed E-state index contributed by atoms with van der Waals surface area (Å²) in [5.74, 6) is 0.764. The molecular formula is C13H10BrN3O. The first-order valence-corrected chi connectivity index (χ1v) is 6.26. The summed E-state index contributed by atoms with van der Waals surface area (Å²) in [4.78, 5) is 7.20. The molecule has 0 amide bonds. The van der Waals surface area contributed by atoms with Crippen LogP contribution in [0.1, 0.15) is 5.76 Å². The number of aromatic nitrogens is 3. The van der Waals surface area contributed by atoms with Crippen molar-refractivity contribution in [3.63, 3.8) is 0 Å². The molecule has 0 aliphatic rings. The fourth-order valence-corrected chi connectivity index (χ4v) is 2.14. The minimum Gasteiger partial charge on any atom is -0.360 e. The highest BCUT2D eigenvalue weighted by Crippen LogP contribution is 2.33. The SMILES string of the molecule is Cc1onc(-c2ccc(Br)cc2)c1-c1c[nH]cn1. The third kappa shape index (κ3) is 1.86. The van der Waals surface area contributed by atoms with E-state index in [9.17, 15) is 0 Å². The quantitative estimate of drug-likeness (QED) is 0.783. The molecule has 1 N–H and O–H groups in total. The van der Waals surface area contributed by atoms with E-state index in [0.29, 0.717) is 0 Å². The van der Waals surface area contributed by atoms with Crippen LogP contribution in [0.15, 0.2) is 45.8 Å². The maximum absolute atomic E-state index is 5.29. The predicted molar refractivity (Wildman–Crippen MR) is 72.0 cm³/mol. The second-order valence-corrected chi connectivity index (χ2v) is 4.84. The molecular weight excluding hydrogens is 294 g/mol. The molecule has 0 radical (unpaired) electrons. The van der Waals surface area contributed by atoms with Gasteiger partial charge in [-0.05, 0) is 19.1 Å². The largest absolute Gasteiger partial charge is 0.360 e. The summed E-state index contributed by atoms with van der Waals surface area (Å²) in [5.41, 5.74) is 3.59. The van der Waals surface area contributed by atoms with E-state index in [4.69, 9.17) is 4.52 Å². The van der Waals surface area contributed by atoms with Crippen molar-refractivity contribution >= 4 is 15.9 Å². The van der Waals surface area contributed by atoms with E-state index in [2.05, 4.69) is 31.1 Å². The summed E-state index contributed by atoms with van der Waals surface area (Å²) in [6.45, 7) is 1.89. The number of hydrogen-bond donors (Lipinski definition) is 1. The van der Waals surface area contributed by atoms with Crippen LogP contribution < -0.4 is 0 Å². The molecule has 0 bridgehead atoms. The summed E-state index contributed by atoms with van der Waals surface area (Å²) < 4.78 is 6.32. The van der Waals surface area contributed by atoms with Gasteiger partial charge in [-0.15, -0.1) is 0 Å². The van der Waals surface area contributed by atoms with Crippen molar-refractivity contribution in [2.45, 2.75) is 6.92 Å². The van der Waals surface area contributed by atoms with Crippen molar-refractivity contribution in [2.75, 3.05) is 0 Å². The Morgan fingerprint density at radius 1 is 1.22 bits per heavy atom. The van der Waals surface area contributed by atoms with E-state index in [-0.39, 0.29) is 0 Å². The first-order valence-electron chi connectivity index (χ1n) is 5.47. The first kappa shape index (κ1) is 11.2. The highest BCUT2D eigenvalue weighted by atomic mass is 79.9. The lowest BCUT2D eigenvalue weighted by atomic mass is 10.0. The van der Waals surface area contributed by atoms with Gasteiger partial charge in [0.05, 0.1) is 17.6 Å². The Kier molecular flexibility index (Phi) is 2.76. The molecule has 0 spiro atoms. The van der Waals surface area contributed by atoms with Crippen LogP contribution >= 0.6 is 15.9 Å². The maximum Gasteiger partial charge on any atom is 0.143 e. The van der Waals surface area contributed by atoms with Crippen LogP contribution in [0, 0.1) is 6.92 Å². The smallest absolute Gasteiger partial charge is 0.143 e. The fraction of sp³-hybridized carbons (Fsp3) is 0.0769. The Morgan fingerprint density at radius 3 is 2.67 bits per heavy atom. The van der Waals surface area contributed by atoms with Gasteiger partial charge in [-0.3, -0.25) is 0 Å². The monoisotopic (exact) mass is 303 g/mol. The first-order chi connectivity index (χ1) is 8.75. The van der Waals surface area contributed by atoms with Crippen LogP contribution in [0.25, 0.3) is 22.5 Å². The van der Waals surface area contributed by atoms with Crippen molar-refractivity contribution in [3.8, 4) is 22.5 Å². The number of aromatic amines is 1. The highest BCUT2D eigenvalue weighted by Gasteiger charge is 2.17. The van der Waals surface area contributed by atoms with E-state index >= 15 is 0 Å². The van der Waals surface area contributed by atoms with Gasteiger partial charge in [-0.25, -0.2) is 4.98 Å². The van der Waals surface area contributed by atoms with Gasteiger partial charge in [0, 0.05) is 16.2 Å². The molecule has 3 aromatic rings. The molecule has 3 rings (SSSR count). The average Bonchev–Trinajstić information content (AvgIpc) is 2.99. The third-order valence-electron chi connectivity index (χ3n) is 2.73.